The first-order valence-electron chi connectivity index (χ1n) is 7.87. The number of carbonyl (C=O) groups excluding carboxylic acids is 1. The fraction of sp³-hybridized carbons (Fsp3) is 0.588. The van der Waals surface area contributed by atoms with E-state index < -0.39 is 0 Å². The largest absolute Gasteiger partial charge is 0.382 e. The Kier molecular flexibility index (Phi) is 5.62. The molecule has 0 bridgehead atoms. The van der Waals surface area contributed by atoms with Crippen molar-refractivity contribution < 1.29 is 4.79 Å². The topological polar surface area (TPSA) is 35.6 Å². The second kappa shape index (κ2) is 7.46. The first-order valence-corrected chi connectivity index (χ1v) is 7.87. The predicted octanol–water partition coefficient (Wildman–Crippen LogP) is 2.21. The standard InChI is InChI=1S/C17H27N3O/c1-4-14-7-5-6-8-16(14)18-15-9-11-20(12-10-15)13-17(21)19(2)3/h5-8,15,18H,4,9-13H2,1-3H3. The number of nitrogens with zero attached hydrogens (tertiary/aromatic N) is 2. The van der Waals surface area contributed by atoms with Gasteiger partial charge >= 0.3 is 0 Å². The third kappa shape index (κ3) is 4.46. The summed E-state index contributed by atoms with van der Waals surface area (Å²) in [5, 5.41) is 3.68. The number of hydrogen-bond acceptors (Lipinski definition) is 3. The van der Waals surface area contributed by atoms with Gasteiger partial charge in [0.2, 0.25) is 5.91 Å². The molecule has 0 aromatic heterocycles. The molecule has 1 saturated heterocycles. The van der Waals surface area contributed by atoms with E-state index in [0.717, 1.165) is 32.4 Å². The van der Waals surface area contributed by atoms with Crippen LogP contribution in [0.5, 0.6) is 0 Å². The lowest BCUT2D eigenvalue weighted by atomic mass is 10.0. The molecule has 0 aliphatic carbocycles. The average molecular weight is 289 g/mol. The maximum Gasteiger partial charge on any atom is 0.236 e. The minimum absolute atomic E-state index is 0.192. The fourth-order valence-electron chi connectivity index (χ4n) is 2.76. The van der Waals surface area contributed by atoms with E-state index in [1.54, 1.807) is 4.90 Å². The number of hydrogen-bond donors (Lipinski definition) is 1. The summed E-state index contributed by atoms with van der Waals surface area (Å²) in [7, 11) is 3.64. The van der Waals surface area contributed by atoms with E-state index >= 15 is 0 Å². The van der Waals surface area contributed by atoms with Crippen LogP contribution < -0.4 is 5.32 Å². The minimum Gasteiger partial charge on any atom is -0.382 e. The molecule has 1 aromatic carbocycles. The third-order valence-electron chi connectivity index (χ3n) is 4.20. The number of benzene rings is 1. The number of amides is 1. The lowest BCUT2D eigenvalue weighted by Gasteiger charge is -2.33. The first kappa shape index (κ1) is 15.8. The van der Waals surface area contributed by atoms with E-state index in [1.165, 1.54) is 11.3 Å². The molecule has 4 heteroatoms. The maximum absolute atomic E-state index is 11.7. The van der Waals surface area contributed by atoms with Crippen LogP contribution in [-0.4, -0.2) is 55.5 Å². The smallest absolute Gasteiger partial charge is 0.236 e. The lowest BCUT2D eigenvalue weighted by Crippen LogP contribution is -2.44. The van der Waals surface area contributed by atoms with Crippen molar-refractivity contribution in [2.45, 2.75) is 32.2 Å². The number of anilines is 1. The van der Waals surface area contributed by atoms with Crippen LogP contribution in [0.4, 0.5) is 5.69 Å². The van der Waals surface area contributed by atoms with E-state index in [4.69, 9.17) is 0 Å². The van der Waals surface area contributed by atoms with Crippen molar-refractivity contribution in [3.05, 3.63) is 29.8 Å². The van der Waals surface area contributed by atoms with Crippen LogP contribution in [0.3, 0.4) is 0 Å². The molecular formula is C17H27N3O. The molecule has 116 valence electrons. The number of carbonyl (C=O) groups is 1. The van der Waals surface area contributed by atoms with Gasteiger partial charge in [-0.25, -0.2) is 0 Å². The number of nitrogens with one attached hydrogen (secondary N) is 1. The molecule has 1 aromatic rings. The van der Waals surface area contributed by atoms with Crippen LogP contribution in [0, 0.1) is 0 Å². The Labute approximate surface area is 128 Å². The number of rotatable bonds is 5. The van der Waals surface area contributed by atoms with Crippen LogP contribution in [-0.2, 0) is 11.2 Å². The highest BCUT2D eigenvalue weighted by Gasteiger charge is 2.21. The quantitative estimate of drug-likeness (QED) is 0.903. The molecule has 21 heavy (non-hydrogen) atoms. The lowest BCUT2D eigenvalue weighted by molar-refractivity contribution is -0.130. The molecule has 0 unspecified atom stereocenters. The third-order valence-corrected chi connectivity index (χ3v) is 4.20. The van der Waals surface area contributed by atoms with E-state index in [1.807, 2.05) is 14.1 Å². The zero-order chi connectivity index (χ0) is 15.2. The highest BCUT2D eigenvalue weighted by atomic mass is 16.2. The first-order chi connectivity index (χ1) is 10.1. The molecule has 1 fully saturated rings. The number of aryl methyl sites for hydroxylation is 1. The number of likely N-dealkylation sites (N-methyl/N-ethyl adjacent to an activating group) is 1. The van der Waals surface area contributed by atoms with Crippen LogP contribution in [0.2, 0.25) is 0 Å². The molecule has 4 nitrogen and oxygen atoms in total. The summed E-state index contributed by atoms with van der Waals surface area (Å²) in [6, 6.07) is 9.06. The molecule has 1 N–H and O–H groups in total. The molecule has 0 atom stereocenters. The van der Waals surface area contributed by atoms with Crippen molar-refractivity contribution in [1.82, 2.24) is 9.80 Å². The van der Waals surface area contributed by atoms with Crippen LogP contribution >= 0.6 is 0 Å². The van der Waals surface area contributed by atoms with Gasteiger partial charge in [0.05, 0.1) is 6.54 Å². The van der Waals surface area contributed by atoms with E-state index in [2.05, 4.69) is 41.4 Å². The Morgan fingerprint density at radius 2 is 1.95 bits per heavy atom. The highest BCUT2D eigenvalue weighted by molar-refractivity contribution is 5.77. The van der Waals surface area contributed by atoms with Gasteiger partial charge in [0.25, 0.3) is 0 Å². The molecule has 0 saturated carbocycles. The van der Waals surface area contributed by atoms with Crippen LogP contribution in [0.1, 0.15) is 25.3 Å². The van der Waals surface area contributed by atoms with Crippen molar-refractivity contribution in [1.29, 1.82) is 0 Å². The summed E-state index contributed by atoms with van der Waals surface area (Å²) in [5.74, 6) is 0.192. The Bertz CT molecular complexity index is 465. The monoisotopic (exact) mass is 289 g/mol. The summed E-state index contributed by atoms with van der Waals surface area (Å²) < 4.78 is 0. The highest BCUT2D eigenvalue weighted by Crippen LogP contribution is 2.20. The van der Waals surface area contributed by atoms with E-state index in [0.29, 0.717) is 12.6 Å². The van der Waals surface area contributed by atoms with Gasteiger partial charge in [-0.05, 0) is 30.9 Å². The van der Waals surface area contributed by atoms with E-state index in [-0.39, 0.29) is 5.91 Å². The SMILES string of the molecule is CCc1ccccc1NC1CCN(CC(=O)N(C)C)CC1. The summed E-state index contributed by atoms with van der Waals surface area (Å²) in [5.41, 5.74) is 2.64. The molecule has 1 aliphatic rings. The summed E-state index contributed by atoms with van der Waals surface area (Å²) >= 11 is 0. The second-order valence-electron chi connectivity index (χ2n) is 5.99. The van der Waals surface area contributed by atoms with E-state index in [9.17, 15) is 4.79 Å². The van der Waals surface area contributed by atoms with Gasteiger partial charge in [-0.1, -0.05) is 25.1 Å². The fourth-order valence-corrected chi connectivity index (χ4v) is 2.76. The maximum atomic E-state index is 11.7. The predicted molar refractivity (Wildman–Crippen MR) is 87.6 cm³/mol. The van der Waals surface area contributed by atoms with Crippen LogP contribution in [0.25, 0.3) is 0 Å². The second-order valence-corrected chi connectivity index (χ2v) is 5.99. The van der Waals surface area contributed by atoms with Crippen molar-refractivity contribution in [3.63, 3.8) is 0 Å². The summed E-state index contributed by atoms with van der Waals surface area (Å²) in [4.78, 5) is 15.7. The van der Waals surface area contributed by atoms with Crippen molar-refractivity contribution in [2.24, 2.45) is 0 Å². The van der Waals surface area contributed by atoms with Gasteiger partial charge in [-0.15, -0.1) is 0 Å². The van der Waals surface area contributed by atoms with Crippen molar-refractivity contribution in [2.75, 3.05) is 39.0 Å². The summed E-state index contributed by atoms with van der Waals surface area (Å²) in [6.45, 7) is 4.72. The Morgan fingerprint density at radius 3 is 2.57 bits per heavy atom. The Hall–Kier alpha value is -1.55. The molecule has 2 rings (SSSR count). The van der Waals surface area contributed by atoms with Crippen molar-refractivity contribution in [3.8, 4) is 0 Å². The number of likely N-dealkylation sites (tertiary alicyclic amines) is 1. The molecular weight excluding hydrogens is 262 g/mol. The molecule has 1 aliphatic heterocycles. The minimum atomic E-state index is 0.192. The van der Waals surface area contributed by atoms with Gasteiger partial charge < -0.3 is 10.2 Å². The molecule has 1 amide bonds. The number of para-hydroxylation sites is 1. The van der Waals surface area contributed by atoms with Crippen molar-refractivity contribution >= 4 is 11.6 Å². The van der Waals surface area contributed by atoms with Gasteiger partial charge in [0, 0.05) is 38.9 Å². The molecule has 0 radical (unpaired) electrons. The normalized spacial score (nSPS) is 16.7. The summed E-state index contributed by atoms with van der Waals surface area (Å²) in [6.07, 6.45) is 3.25. The molecule has 0 spiro atoms. The van der Waals surface area contributed by atoms with Gasteiger partial charge in [-0.3, -0.25) is 9.69 Å². The van der Waals surface area contributed by atoms with Gasteiger partial charge in [0.15, 0.2) is 0 Å². The Morgan fingerprint density at radius 1 is 1.29 bits per heavy atom. The van der Waals surface area contributed by atoms with Crippen LogP contribution in [0.15, 0.2) is 24.3 Å². The zero-order valence-electron chi connectivity index (χ0n) is 13.4. The van der Waals surface area contributed by atoms with Gasteiger partial charge in [0.1, 0.15) is 0 Å². The average Bonchev–Trinajstić information content (AvgIpc) is 2.49. The molecule has 1 heterocycles. The number of piperidine rings is 1. The zero-order valence-corrected chi connectivity index (χ0v) is 13.4. The Balaban J connectivity index is 1.83. The van der Waals surface area contributed by atoms with Gasteiger partial charge in [-0.2, -0.15) is 0 Å².